The van der Waals surface area contributed by atoms with E-state index in [1.165, 1.54) is 276 Å². The molecule has 5 heteroatoms. The highest BCUT2D eigenvalue weighted by molar-refractivity contribution is 5.76. The topological polar surface area (TPSA) is 89.8 Å². The SMILES string of the molecule is CCCCCCCCCCCCCCCCCCCCCCCCCCCCCCCC(=O)NC(CO)C(O)C(O)CCCCCCCCCCCCCCCCCCCCC. The molecule has 372 valence electrons. The van der Waals surface area contributed by atoms with E-state index in [0.29, 0.717) is 12.8 Å². The van der Waals surface area contributed by atoms with E-state index >= 15 is 0 Å². The highest BCUT2D eigenvalue weighted by Gasteiger charge is 2.26. The third-order valence-corrected chi connectivity index (χ3v) is 14.0. The van der Waals surface area contributed by atoms with Crippen molar-refractivity contribution in [2.45, 2.75) is 353 Å². The van der Waals surface area contributed by atoms with Crippen LogP contribution >= 0.6 is 0 Å². The highest BCUT2D eigenvalue weighted by Crippen LogP contribution is 2.19. The molecule has 0 aromatic carbocycles. The lowest BCUT2D eigenvalue weighted by Gasteiger charge is -2.26. The smallest absolute Gasteiger partial charge is 0.220 e. The van der Waals surface area contributed by atoms with Crippen molar-refractivity contribution in [3.05, 3.63) is 0 Å². The Labute approximate surface area is 389 Å². The first kappa shape index (κ1) is 61.4. The van der Waals surface area contributed by atoms with Crippen molar-refractivity contribution in [3.63, 3.8) is 0 Å². The molecule has 0 fully saturated rings. The summed E-state index contributed by atoms with van der Waals surface area (Å²) < 4.78 is 0. The molecule has 62 heavy (non-hydrogen) atoms. The lowest BCUT2D eigenvalue weighted by atomic mass is 9.99. The van der Waals surface area contributed by atoms with Crippen LogP contribution in [-0.2, 0) is 4.79 Å². The molecule has 0 saturated heterocycles. The van der Waals surface area contributed by atoms with Gasteiger partial charge in [0, 0.05) is 6.42 Å². The molecule has 1 amide bonds. The zero-order valence-electron chi connectivity index (χ0n) is 42.5. The first-order valence-corrected chi connectivity index (χ1v) is 28.8. The van der Waals surface area contributed by atoms with Crippen LogP contribution in [0.2, 0.25) is 0 Å². The van der Waals surface area contributed by atoms with Crippen molar-refractivity contribution < 1.29 is 20.1 Å². The van der Waals surface area contributed by atoms with Crippen molar-refractivity contribution in [2.24, 2.45) is 0 Å². The fourth-order valence-electron chi connectivity index (χ4n) is 9.52. The van der Waals surface area contributed by atoms with Gasteiger partial charge in [-0.2, -0.15) is 0 Å². The van der Waals surface area contributed by atoms with Gasteiger partial charge in [0.05, 0.1) is 18.8 Å². The van der Waals surface area contributed by atoms with Crippen molar-refractivity contribution in [2.75, 3.05) is 6.61 Å². The molecule has 0 radical (unpaired) electrons. The molecule has 0 bridgehead atoms. The predicted octanol–water partition coefficient (Wildman–Crippen LogP) is 17.7. The summed E-state index contributed by atoms with van der Waals surface area (Å²) in [5.41, 5.74) is 0. The van der Waals surface area contributed by atoms with E-state index in [1.807, 2.05) is 0 Å². The summed E-state index contributed by atoms with van der Waals surface area (Å²) in [4.78, 5) is 12.5. The molecule has 0 aromatic rings. The first-order valence-electron chi connectivity index (χ1n) is 28.8. The van der Waals surface area contributed by atoms with Gasteiger partial charge in [-0.3, -0.25) is 4.79 Å². The van der Waals surface area contributed by atoms with Crippen LogP contribution in [-0.4, -0.2) is 46.1 Å². The van der Waals surface area contributed by atoms with E-state index in [4.69, 9.17) is 0 Å². The van der Waals surface area contributed by atoms with Crippen LogP contribution in [0.4, 0.5) is 0 Å². The number of rotatable bonds is 54. The van der Waals surface area contributed by atoms with Crippen LogP contribution in [0, 0.1) is 0 Å². The minimum absolute atomic E-state index is 0.135. The average Bonchev–Trinajstić information content (AvgIpc) is 3.28. The molecule has 5 nitrogen and oxygen atoms in total. The van der Waals surface area contributed by atoms with Gasteiger partial charge in [0.1, 0.15) is 6.10 Å². The summed E-state index contributed by atoms with van der Waals surface area (Å²) in [6, 6.07) is -0.804. The maximum atomic E-state index is 12.5. The normalized spacial score (nSPS) is 13.2. The number of amides is 1. The monoisotopic (exact) mass is 878 g/mol. The van der Waals surface area contributed by atoms with Crippen LogP contribution in [0.5, 0.6) is 0 Å². The lowest BCUT2D eigenvalue weighted by molar-refractivity contribution is -0.124. The van der Waals surface area contributed by atoms with Gasteiger partial charge in [-0.05, 0) is 12.8 Å². The molecule has 0 aromatic heterocycles. The molecule has 0 aliphatic heterocycles. The predicted molar refractivity (Wildman–Crippen MR) is 273 cm³/mol. The molecule has 0 heterocycles. The van der Waals surface area contributed by atoms with E-state index in [2.05, 4.69) is 19.2 Å². The summed E-state index contributed by atoms with van der Waals surface area (Å²) in [6.45, 7) is 4.23. The van der Waals surface area contributed by atoms with Gasteiger partial charge in [-0.25, -0.2) is 0 Å². The van der Waals surface area contributed by atoms with Gasteiger partial charge in [0.25, 0.3) is 0 Å². The Bertz CT molecular complexity index is 838. The van der Waals surface area contributed by atoms with Crippen LogP contribution in [0.3, 0.4) is 0 Å². The van der Waals surface area contributed by atoms with Crippen molar-refractivity contribution in [1.82, 2.24) is 5.32 Å². The lowest BCUT2D eigenvalue weighted by Crippen LogP contribution is -2.50. The molecule has 0 spiro atoms. The second-order valence-corrected chi connectivity index (χ2v) is 20.2. The zero-order chi connectivity index (χ0) is 45.1. The number of carbonyl (C=O) groups is 1. The molecular weight excluding hydrogens is 763 g/mol. The number of hydrogen-bond donors (Lipinski definition) is 4. The second-order valence-electron chi connectivity index (χ2n) is 20.2. The molecule has 0 aliphatic carbocycles. The molecule has 4 N–H and O–H groups in total. The molecule has 0 aliphatic rings. The standard InChI is InChI=1S/C57H115NO4/c1-3-5-7-9-11-13-15-17-19-21-23-24-25-26-27-28-29-30-31-32-34-36-38-40-42-44-46-48-50-52-56(61)58-54(53-59)57(62)55(60)51-49-47-45-43-41-39-37-35-33-22-20-18-16-14-12-10-8-6-4-2/h54-55,57,59-60,62H,3-53H2,1-2H3,(H,58,61). The first-order chi connectivity index (χ1) is 30.6. The molecule has 3 unspecified atom stereocenters. The number of unbranched alkanes of at least 4 members (excludes halogenated alkanes) is 46. The highest BCUT2D eigenvalue weighted by atomic mass is 16.3. The minimum Gasteiger partial charge on any atom is -0.394 e. The van der Waals surface area contributed by atoms with Crippen molar-refractivity contribution in [3.8, 4) is 0 Å². The van der Waals surface area contributed by atoms with E-state index in [1.54, 1.807) is 0 Å². The fraction of sp³-hybridized carbons (Fsp3) is 0.982. The maximum Gasteiger partial charge on any atom is 0.220 e. The van der Waals surface area contributed by atoms with Crippen molar-refractivity contribution in [1.29, 1.82) is 0 Å². The van der Waals surface area contributed by atoms with Crippen LogP contribution in [0.15, 0.2) is 0 Å². The minimum atomic E-state index is -1.13. The summed E-state index contributed by atoms with van der Waals surface area (Å²) in [7, 11) is 0. The fourth-order valence-corrected chi connectivity index (χ4v) is 9.52. The average molecular weight is 879 g/mol. The van der Waals surface area contributed by atoms with E-state index < -0.39 is 18.2 Å². The number of aliphatic hydroxyl groups excluding tert-OH is 3. The summed E-state index contributed by atoms with van der Waals surface area (Å²) in [5, 5.41) is 33.8. The molecule has 0 saturated carbocycles. The Hall–Kier alpha value is -0.650. The number of nitrogens with one attached hydrogen (secondary N) is 1. The Kier molecular flexibility index (Phi) is 52.4. The van der Waals surface area contributed by atoms with Gasteiger partial charge >= 0.3 is 0 Å². The van der Waals surface area contributed by atoms with E-state index in [9.17, 15) is 20.1 Å². The van der Waals surface area contributed by atoms with Crippen LogP contribution < -0.4 is 5.32 Å². The quantitative estimate of drug-likeness (QED) is 0.0458. The van der Waals surface area contributed by atoms with Gasteiger partial charge in [0.2, 0.25) is 5.91 Å². The van der Waals surface area contributed by atoms with E-state index in [-0.39, 0.29) is 12.5 Å². The summed E-state index contributed by atoms with van der Waals surface area (Å²) >= 11 is 0. The molecule has 0 rings (SSSR count). The third kappa shape index (κ3) is 47.3. The van der Waals surface area contributed by atoms with Gasteiger partial charge in [0.15, 0.2) is 0 Å². The summed E-state index contributed by atoms with van der Waals surface area (Å²) in [5.74, 6) is -0.135. The summed E-state index contributed by atoms with van der Waals surface area (Å²) in [6.07, 6.45) is 64.1. The Balaban J connectivity index is 3.47. The van der Waals surface area contributed by atoms with Crippen LogP contribution in [0.1, 0.15) is 335 Å². The van der Waals surface area contributed by atoms with Gasteiger partial charge in [-0.15, -0.1) is 0 Å². The van der Waals surface area contributed by atoms with Crippen molar-refractivity contribution >= 4 is 5.91 Å². The van der Waals surface area contributed by atoms with Gasteiger partial charge < -0.3 is 20.6 Å². The van der Waals surface area contributed by atoms with Gasteiger partial charge in [-0.1, -0.05) is 316 Å². The third-order valence-electron chi connectivity index (χ3n) is 14.0. The van der Waals surface area contributed by atoms with E-state index in [0.717, 1.165) is 32.1 Å². The Morgan fingerprint density at radius 1 is 0.339 bits per heavy atom. The Morgan fingerprint density at radius 2 is 0.548 bits per heavy atom. The molecular formula is C57H115NO4. The number of aliphatic hydroxyl groups is 3. The number of hydrogen-bond acceptors (Lipinski definition) is 4. The molecule has 3 atom stereocenters. The number of carbonyl (C=O) groups excluding carboxylic acids is 1. The zero-order valence-corrected chi connectivity index (χ0v) is 42.5. The second kappa shape index (κ2) is 53.0. The Morgan fingerprint density at radius 3 is 0.774 bits per heavy atom. The maximum absolute atomic E-state index is 12.5. The van der Waals surface area contributed by atoms with Crippen LogP contribution in [0.25, 0.3) is 0 Å². The largest absolute Gasteiger partial charge is 0.394 e.